The first kappa shape index (κ1) is 25.4. The summed E-state index contributed by atoms with van der Waals surface area (Å²) >= 11 is 0. The van der Waals surface area contributed by atoms with Gasteiger partial charge in [0.15, 0.2) is 5.69 Å². The first-order chi connectivity index (χ1) is 18.4. The molecule has 38 heavy (non-hydrogen) atoms. The van der Waals surface area contributed by atoms with Gasteiger partial charge in [-0.15, -0.1) is 0 Å². The average Bonchev–Trinajstić information content (AvgIpc) is 3.56. The first-order valence-corrected chi connectivity index (χ1v) is 12.5. The fourth-order valence-electron chi connectivity index (χ4n) is 5.23. The molecule has 9 nitrogen and oxygen atoms in total. The molecular formula is C28H29FN6O3. The summed E-state index contributed by atoms with van der Waals surface area (Å²) in [4.78, 5) is 31.0. The third-order valence-corrected chi connectivity index (χ3v) is 7.15. The maximum absolute atomic E-state index is 15.1. The second kappa shape index (κ2) is 10.3. The van der Waals surface area contributed by atoms with Crippen LogP contribution in [0.1, 0.15) is 58.4 Å². The van der Waals surface area contributed by atoms with Crippen LogP contribution in [0.4, 0.5) is 10.2 Å². The topological polar surface area (TPSA) is 115 Å². The molecule has 3 heterocycles. The minimum atomic E-state index is -0.718. The van der Waals surface area contributed by atoms with Crippen LogP contribution in [0, 0.1) is 17.7 Å². The van der Waals surface area contributed by atoms with E-state index in [1.54, 1.807) is 36.0 Å². The van der Waals surface area contributed by atoms with Gasteiger partial charge in [0.25, 0.3) is 5.91 Å². The number of rotatable bonds is 7. The van der Waals surface area contributed by atoms with Gasteiger partial charge in [-0.05, 0) is 60.9 Å². The molecule has 2 aliphatic rings. The molecule has 0 radical (unpaired) electrons. The highest BCUT2D eigenvalue weighted by atomic mass is 19.1. The lowest BCUT2D eigenvalue weighted by Gasteiger charge is -2.22. The number of primary amides is 1. The van der Waals surface area contributed by atoms with Gasteiger partial charge in [0.1, 0.15) is 17.2 Å². The van der Waals surface area contributed by atoms with E-state index in [2.05, 4.69) is 33.8 Å². The van der Waals surface area contributed by atoms with Crippen LogP contribution in [-0.2, 0) is 9.53 Å². The second-order valence-corrected chi connectivity index (χ2v) is 9.60. The standard InChI is InChI=1S/C28H29FN6O3/c1-4-25(36)34-14-18(12-19(34)15-38-3)35-28(31-2)26(27(30)37)23(33-35)8-7-17-11-24-21(13-22(17)29)20(9-10-32-24)16-5-6-16/h4,9-11,13,16,18-19,31H,1,5-6,12,14-15H2,2-3H3,(H2,30,37)/t18-,19+/m0/s1. The SMILES string of the molecule is C=CC(=O)N1C[C@@H](n2nc(C#Cc3cc4nccc(C5CC5)c4cc3F)c(C(N)=O)c2NC)C[C@@H]1COC. The number of benzene rings is 1. The number of anilines is 1. The number of methoxy groups -OCH3 is 1. The molecule has 2 aromatic heterocycles. The molecule has 1 saturated carbocycles. The number of nitrogens with one attached hydrogen (secondary N) is 1. The third kappa shape index (κ3) is 4.61. The number of halogens is 1. The number of fused-ring (bicyclic) bond motifs is 1. The second-order valence-electron chi connectivity index (χ2n) is 9.60. The van der Waals surface area contributed by atoms with Gasteiger partial charge in [-0.25, -0.2) is 9.07 Å². The molecule has 2 amide bonds. The van der Waals surface area contributed by atoms with E-state index in [0.717, 1.165) is 23.8 Å². The van der Waals surface area contributed by atoms with E-state index in [9.17, 15) is 9.59 Å². The van der Waals surface area contributed by atoms with Crippen LogP contribution in [0.15, 0.2) is 37.1 Å². The van der Waals surface area contributed by atoms with Crippen molar-refractivity contribution in [1.29, 1.82) is 0 Å². The van der Waals surface area contributed by atoms with Crippen molar-refractivity contribution in [3.05, 3.63) is 65.3 Å². The van der Waals surface area contributed by atoms with Crippen LogP contribution in [0.3, 0.4) is 0 Å². The van der Waals surface area contributed by atoms with E-state index < -0.39 is 11.7 Å². The lowest BCUT2D eigenvalue weighted by Crippen LogP contribution is -2.37. The van der Waals surface area contributed by atoms with Crippen LogP contribution in [0.25, 0.3) is 10.9 Å². The Hall–Kier alpha value is -4.23. The Morgan fingerprint density at radius 1 is 1.34 bits per heavy atom. The van der Waals surface area contributed by atoms with Crippen molar-refractivity contribution in [2.24, 2.45) is 5.73 Å². The van der Waals surface area contributed by atoms with E-state index in [4.69, 9.17) is 10.5 Å². The third-order valence-electron chi connectivity index (χ3n) is 7.15. The van der Waals surface area contributed by atoms with E-state index in [0.29, 0.717) is 36.8 Å². The monoisotopic (exact) mass is 516 g/mol. The predicted octanol–water partition coefficient (Wildman–Crippen LogP) is 2.96. The molecule has 0 bridgehead atoms. The van der Waals surface area contributed by atoms with Gasteiger partial charge >= 0.3 is 0 Å². The number of carbonyl (C=O) groups is 2. The average molecular weight is 517 g/mol. The Morgan fingerprint density at radius 3 is 2.79 bits per heavy atom. The van der Waals surface area contributed by atoms with Crippen molar-refractivity contribution in [3.63, 3.8) is 0 Å². The summed E-state index contributed by atoms with van der Waals surface area (Å²) in [7, 11) is 3.22. The lowest BCUT2D eigenvalue weighted by molar-refractivity contribution is -0.127. The van der Waals surface area contributed by atoms with Crippen LogP contribution < -0.4 is 11.1 Å². The Bertz CT molecular complexity index is 1500. The van der Waals surface area contributed by atoms with Crippen LogP contribution >= 0.6 is 0 Å². The molecule has 2 atom stereocenters. The predicted molar refractivity (Wildman–Crippen MR) is 141 cm³/mol. The minimum Gasteiger partial charge on any atom is -0.383 e. The van der Waals surface area contributed by atoms with Crippen molar-refractivity contribution < 1.29 is 18.7 Å². The van der Waals surface area contributed by atoms with Crippen molar-refractivity contribution >= 4 is 28.5 Å². The van der Waals surface area contributed by atoms with Gasteiger partial charge in [-0.2, -0.15) is 5.10 Å². The van der Waals surface area contributed by atoms with E-state index in [1.165, 1.54) is 12.1 Å². The molecule has 1 aliphatic carbocycles. The van der Waals surface area contributed by atoms with E-state index >= 15 is 4.39 Å². The van der Waals surface area contributed by atoms with Gasteiger partial charge < -0.3 is 20.7 Å². The van der Waals surface area contributed by atoms with Crippen LogP contribution in [0.2, 0.25) is 0 Å². The molecular weight excluding hydrogens is 487 g/mol. The Kier molecular flexibility index (Phi) is 6.87. The summed E-state index contributed by atoms with van der Waals surface area (Å²) in [5.41, 5.74) is 7.87. The molecule has 0 spiro atoms. The highest BCUT2D eigenvalue weighted by Crippen LogP contribution is 2.43. The van der Waals surface area contributed by atoms with Crippen molar-refractivity contribution in [2.45, 2.75) is 37.3 Å². The van der Waals surface area contributed by atoms with Crippen molar-refractivity contribution in [2.75, 3.05) is 32.6 Å². The van der Waals surface area contributed by atoms with Gasteiger partial charge in [-0.1, -0.05) is 12.5 Å². The van der Waals surface area contributed by atoms with Gasteiger partial charge in [0.05, 0.1) is 29.8 Å². The fraction of sp³-hybridized carbons (Fsp3) is 0.357. The zero-order valence-corrected chi connectivity index (χ0v) is 21.3. The van der Waals surface area contributed by atoms with Crippen LogP contribution in [0.5, 0.6) is 0 Å². The van der Waals surface area contributed by atoms with Gasteiger partial charge in [0.2, 0.25) is 5.91 Å². The normalized spacial score (nSPS) is 18.8. The van der Waals surface area contributed by atoms with E-state index in [1.807, 2.05) is 6.07 Å². The number of nitrogens with two attached hydrogens (primary N) is 1. The number of carbonyl (C=O) groups excluding carboxylic acids is 2. The van der Waals surface area contributed by atoms with E-state index in [-0.39, 0.29) is 34.8 Å². The quantitative estimate of drug-likeness (QED) is 0.369. The molecule has 2 fully saturated rings. The molecule has 3 aromatic rings. The molecule has 0 unspecified atom stereocenters. The number of amides is 2. The molecule has 196 valence electrons. The zero-order valence-electron chi connectivity index (χ0n) is 21.3. The molecule has 5 rings (SSSR count). The largest absolute Gasteiger partial charge is 0.383 e. The summed E-state index contributed by atoms with van der Waals surface area (Å²) in [6, 6.07) is 4.59. The van der Waals surface area contributed by atoms with Crippen LogP contribution in [-0.4, -0.2) is 64.8 Å². The molecule has 3 N–H and O–H groups in total. The number of nitrogens with zero attached hydrogens (tertiary/aromatic N) is 4. The summed E-state index contributed by atoms with van der Waals surface area (Å²) in [5, 5.41) is 8.38. The van der Waals surface area contributed by atoms with Crippen molar-refractivity contribution in [1.82, 2.24) is 19.7 Å². The Morgan fingerprint density at radius 2 is 2.13 bits per heavy atom. The molecule has 10 heteroatoms. The van der Waals surface area contributed by atoms with Gasteiger partial charge in [0, 0.05) is 32.3 Å². The first-order valence-electron chi connectivity index (χ1n) is 12.5. The molecule has 1 aliphatic heterocycles. The maximum atomic E-state index is 15.1. The highest BCUT2D eigenvalue weighted by Gasteiger charge is 2.38. The number of hydrogen-bond acceptors (Lipinski definition) is 6. The Labute approximate surface area is 219 Å². The Balaban J connectivity index is 1.53. The fourth-order valence-corrected chi connectivity index (χ4v) is 5.23. The number of likely N-dealkylation sites (tertiary alicyclic amines) is 1. The minimum absolute atomic E-state index is 0.104. The summed E-state index contributed by atoms with van der Waals surface area (Å²) in [6.45, 7) is 4.28. The summed E-state index contributed by atoms with van der Waals surface area (Å²) in [5.74, 6) is 5.12. The number of hydrogen-bond donors (Lipinski definition) is 2. The molecule has 1 aromatic carbocycles. The zero-order chi connectivity index (χ0) is 27.0. The highest BCUT2D eigenvalue weighted by molar-refractivity contribution is 6.00. The number of pyridine rings is 1. The van der Waals surface area contributed by atoms with Crippen molar-refractivity contribution in [3.8, 4) is 11.8 Å². The molecule has 1 saturated heterocycles. The summed E-state index contributed by atoms with van der Waals surface area (Å²) in [6.07, 6.45) is 5.74. The summed E-state index contributed by atoms with van der Waals surface area (Å²) < 4.78 is 22.0. The number of ether oxygens (including phenoxy) is 1. The lowest BCUT2D eigenvalue weighted by atomic mass is 10.0. The smallest absolute Gasteiger partial charge is 0.255 e. The maximum Gasteiger partial charge on any atom is 0.255 e. The van der Waals surface area contributed by atoms with Gasteiger partial charge in [-0.3, -0.25) is 14.6 Å². The number of aromatic nitrogens is 3.